The van der Waals surface area contributed by atoms with Crippen molar-refractivity contribution >= 4 is 0 Å². The molecule has 2 bridgehead atoms. The predicted octanol–water partition coefficient (Wildman–Crippen LogP) is 4.28. The third kappa shape index (κ3) is 3.90. The molecule has 2 fully saturated rings. The van der Waals surface area contributed by atoms with Crippen molar-refractivity contribution in [2.45, 2.75) is 69.9 Å². The van der Waals surface area contributed by atoms with Crippen molar-refractivity contribution in [2.24, 2.45) is 0 Å². The minimum absolute atomic E-state index is 0.0295. The molecule has 3 heterocycles. The van der Waals surface area contributed by atoms with Gasteiger partial charge in [-0.3, -0.25) is 4.90 Å². The van der Waals surface area contributed by atoms with Crippen molar-refractivity contribution in [3.05, 3.63) is 47.5 Å². The molecule has 0 aliphatic carbocycles. The lowest BCUT2D eigenvalue weighted by Crippen LogP contribution is -2.48. The normalized spacial score (nSPS) is 28.6. The van der Waals surface area contributed by atoms with E-state index in [4.69, 9.17) is 9.47 Å². The number of piperidine rings is 1. The molecular formula is C21H29NO2. The summed E-state index contributed by atoms with van der Waals surface area (Å²) in [6.45, 7) is 2.81. The van der Waals surface area contributed by atoms with Gasteiger partial charge >= 0.3 is 0 Å². The highest BCUT2D eigenvalue weighted by atomic mass is 16.7. The fourth-order valence-electron chi connectivity index (χ4n) is 4.44. The third-order valence-electron chi connectivity index (χ3n) is 5.66. The average Bonchev–Trinajstić information content (AvgIpc) is 2.62. The van der Waals surface area contributed by atoms with Crippen LogP contribution in [0, 0.1) is 0 Å². The SMILES string of the molecule is C1=C(CCC2OCCCO2)CC2CCCC1N2Cc1ccccc1. The van der Waals surface area contributed by atoms with E-state index in [1.165, 1.54) is 31.2 Å². The van der Waals surface area contributed by atoms with E-state index in [1.807, 2.05) is 0 Å². The lowest BCUT2D eigenvalue weighted by Gasteiger charge is -2.45. The number of hydrogen-bond donors (Lipinski definition) is 0. The van der Waals surface area contributed by atoms with Crippen LogP contribution in [0.15, 0.2) is 42.0 Å². The summed E-state index contributed by atoms with van der Waals surface area (Å²) in [4.78, 5) is 2.73. The minimum atomic E-state index is 0.0295. The molecule has 1 aromatic rings. The molecule has 3 aliphatic heterocycles. The molecule has 2 atom stereocenters. The maximum atomic E-state index is 5.70. The Bertz CT molecular complexity index is 550. The van der Waals surface area contributed by atoms with Crippen LogP contribution in [-0.4, -0.2) is 36.5 Å². The van der Waals surface area contributed by atoms with Crippen molar-refractivity contribution in [2.75, 3.05) is 13.2 Å². The Morgan fingerprint density at radius 3 is 2.62 bits per heavy atom. The average molecular weight is 327 g/mol. The summed E-state index contributed by atoms with van der Waals surface area (Å²) < 4.78 is 11.4. The van der Waals surface area contributed by atoms with E-state index >= 15 is 0 Å². The monoisotopic (exact) mass is 327 g/mol. The van der Waals surface area contributed by atoms with E-state index in [-0.39, 0.29) is 6.29 Å². The topological polar surface area (TPSA) is 21.7 Å². The van der Waals surface area contributed by atoms with Gasteiger partial charge < -0.3 is 9.47 Å². The maximum Gasteiger partial charge on any atom is 0.157 e. The molecule has 0 saturated carbocycles. The van der Waals surface area contributed by atoms with Gasteiger partial charge in [0.25, 0.3) is 0 Å². The largest absolute Gasteiger partial charge is 0.353 e. The summed E-state index contributed by atoms with van der Waals surface area (Å²) in [5.74, 6) is 0. The Balaban J connectivity index is 1.38. The molecule has 3 heteroatoms. The molecule has 0 spiro atoms. The summed E-state index contributed by atoms with van der Waals surface area (Å²) in [6.07, 6.45) is 11.0. The van der Waals surface area contributed by atoms with Crippen molar-refractivity contribution in [3.63, 3.8) is 0 Å². The Labute approximate surface area is 145 Å². The fourth-order valence-corrected chi connectivity index (χ4v) is 4.44. The minimum Gasteiger partial charge on any atom is -0.353 e. The first-order valence-electron chi connectivity index (χ1n) is 9.61. The van der Waals surface area contributed by atoms with Crippen molar-refractivity contribution < 1.29 is 9.47 Å². The zero-order valence-electron chi connectivity index (χ0n) is 14.5. The summed E-state index contributed by atoms with van der Waals surface area (Å²) in [7, 11) is 0. The Kier molecular flexibility index (Phi) is 5.31. The zero-order valence-corrected chi connectivity index (χ0v) is 14.5. The van der Waals surface area contributed by atoms with Gasteiger partial charge in [0, 0.05) is 25.0 Å². The molecule has 1 aromatic carbocycles. The highest BCUT2D eigenvalue weighted by Crippen LogP contribution is 2.36. The Hall–Kier alpha value is -1.16. The Morgan fingerprint density at radius 1 is 1.00 bits per heavy atom. The third-order valence-corrected chi connectivity index (χ3v) is 5.66. The molecule has 2 unspecified atom stereocenters. The molecule has 3 nitrogen and oxygen atoms in total. The zero-order chi connectivity index (χ0) is 16.2. The second-order valence-electron chi connectivity index (χ2n) is 7.40. The van der Waals surface area contributed by atoms with E-state index in [9.17, 15) is 0 Å². The van der Waals surface area contributed by atoms with E-state index in [2.05, 4.69) is 41.3 Å². The maximum absolute atomic E-state index is 5.70. The van der Waals surface area contributed by atoms with Crippen LogP contribution in [0.4, 0.5) is 0 Å². The molecule has 3 aliphatic rings. The standard InChI is InChI=1S/C21H29NO2/c1-2-6-17(7-3-1)16-22-19-8-4-9-20(22)15-18(14-19)10-11-21-23-12-5-13-24-21/h1-3,6-7,14,19-21H,4-5,8-13,15-16H2. The lowest BCUT2D eigenvalue weighted by molar-refractivity contribution is -0.180. The smallest absolute Gasteiger partial charge is 0.157 e. The number of hydrogen-bond acceptors (Lipinski definition) is 3. The predicted molar refractivity (Wildman–Crippen MR) is 95.7 cm³/mol. The molecule has 0 amide bonds. The first kappa shape index (κ1) is 16.3. The fraction of sp³-hybridized carbons (Fsp3) is 0.619. The van der Waals surface area contributed by atoms with Crippen molar-refractivity contribution in [3.8, 4) is 0 Å². The molecule has 0 N–H and O–H groups in total. The van der Waals surface area contributed by atoms with E-state index < -0.39 is 0 Å². The highest BCUT2D eigenvalue weighted by molar-refractivity contribution is 5.20. The molecule has 4 rings (SSSR count). The first-order valence-corrected chi connectivity index (χ1v) is 9.61. The number of nitrogens with zero attached hydrogens (tertiary/aromatic N) is 1. The molecule has 0 aromatic heterocycles. The summed E-state index contributed by atoms with van der Waals surface area (Å²) in [5, 5.41) is 0. The second kappa shape index (κ2) is 7.81. The van der Waals surface area contributed by atoms with E-state index in [1.54, 1.807) is 5.57 Å². The van der Waals surface area contributed by atoms with Gasteiger partial charge in [-0.15, -0.1) is 0 Å². The van der Waals surface area contributed by atoms with E-state index in [0.29, 0.717) is 6.04 Å². The van der Waals surface area contributed by atoms with Gasteiger partial charge in [0.2, 0.25) is 0 Å². The van der Waals surface area contributed by atoms with Gasteiger partial charge in [-0.1, -0.05) is 48.4 Å². The number of fused-ring (bicyclic) bond motifs is 2. The van der Waals surface area contributed by atoms with Gasteiger partial charge in [-0.05, 0) is 37.7 Å². The second-order valence-corrected chi connectivity index (χ2v) is 7.40. The first-order chi connectivity index (χ1) is 11.9. The molecule has 0 radical (unpaired) electrons. The van der Waals surface area contributed by atoms with Crippen LogP contribution >= 0.6 is 0 Å². The summed E-state index contributed by atoms with van der Waals surface area (Å²) in [6, 6.07) is 12.3. The number of rotatable bonds is 5. The summed E-state index contributed by atoms with van der Waals surface area (Å²) >= 11 is 0. The lowest BCUT2D eigenvalue weighted by atomic mass is 9.83. The number of ether oxygens (including phenoxy) is 2. The van der Waals surface area contributed by atoms with Crippen LogP contribution in [0.2, 0.25) is 0 Å². The van der Waals surface area contributed by atoms with Gasteiger partial charge in [0.05, 0.1) is 13.2 Å². The quantitative estimate of drug-likeness (QED) is 0.753. The van der Waals surface area contributed by atoms with Crippen LogP contribution in [0.3, 0.4) is 0 Å². The van der Waals surface area contributed by atoms with Gasteiger partial charge in [-0.25, -0.2) is 0 Å². The highest BCUT2D eigenvalue weighted by Gasteiger charge is 2.33. The Morgan fingerprint density at radius 2 is 1.83 bits per heavy atom. The molecular weight excluding hydrogens is 298 g/mol. The van der Waals surface area contributed by atoms with Crippen LogP contribution < -0.4 is 0 Å². The molecule has 24 heavy (non-hydrogen) atoms. The molecule has 130 valence electrons. The van der Waals surface area contributed by atoms with Gasteiger partial charge in [-0.2, -0.15) is 0 Å². The van der Waals surface area contributed by atoms with Crippen LogP contribution in [0.5, 0.6) is 0 Å². The summed E-state index contributed by atoms with van der Waals surface area (Å²) in [5.41, 5.74) is 3.07. The van der Waals surface area contributed by atoms with Crippen molar-refractivity contribution in [1.82, 2.24) is 4.90 Å². The van der Waals surface area contributed by atoms with Crippen LogP contribution in [0.1, 0.15) is 50.5 Å². The van der Waals surface area contributed by atoms with Crippen LogP contribution in [-0.2, 0) is 16.0 Å². The number of benzene rings is 1. The van der Waals surface area contributed by atoms with Crippen molar-refractivity contribution in [1.29, 1.82) is 0 Å². The van der Waals surface area contributed by atoms with E-state index in [0.717, 1.165) is 45.1 Å². The van der Waals surface area contributed by atoms with Crippen LogP contribution in [0.25, 0.3) is 0 Å². The van der Waals surface area contributed by atoms with Gasteiger partial charge in [0.15, 0.2) is 6.29 Å². The molecule has 2 saturated heterocycles. The van der Waals surface area contributed by atoms with Gasteiger partial charge in [0.1, 0.15) is 0 Å².